The first-order valence-corrected chi connectivity index (χ1v) is 9.49. The molecule has 154 valence electrons. The largest absolute Gasteiger partial charge is 0.382 e. The minimum atomic E-state index is -0.122. The summed E-state index contributed by atoms with van der Waals surface area (Å²) in [6, 6.07) is 10.8. The Bertz CT molecular complexity index is 811. The summed E-state index contributed by atoms with van der Waals surface area (Å²) in [5.74, 6) is -0.105. The van der Waals surface area contributed by atoms with E-state index >= 15 is 0 Å². The molecule has 1 unspecified atom stereocenters. The third kappa shape index (κ3) is 5.52. The van der Waals surface area contributed by atoms with Gasteiger partial charge < -0.3 is 24.6 Å². The molecule has 1 fully saturated rings. The van der Waals surface area contributed by atoms with Crippen LogP contribution in [0.4, 0.5) is 10.5 Å². The van der Waals surface area contributed by atoms with Crippen LogP contribution < -0.4 is 10.2 Å². The van der Waals surface area contributed by atoms with E-state index in [0.717, 1.165) is 11.3 Å². The fourth-order valence-corrected chi connectivity index (χ4v) is 3.12. The second-order valence-corrected chi connectivity index (χ2v) is 6.82. The highest BCUT2D eigenvalue weighted by Crippen LogP contribution is 2.16. The molecule has 1 N–H and O–H groups in total. The van der Waals surface area contributed by atoms with E-state index in [2.05, 4.69) is 10.3 Å². The standard InChI is InChI=1S/C21H26N4O4/c1-24(20(26)17-7-9-22-10-8-17)18-5-3-16(4-6-18)13-23-21(27)25-11-12-29-19(14-25)15-28-2/h3-10,19H,11-15H2,1-2H3,(H,23,27). The van der Waals surface area contributed by atoms with Gasteiger partial charge in [0.25, 0.3) is 5.91 Å². The smallest absolute Gasteiger partial charge is 0.317 e. The molecular formula is C21H26N4O4. The van der Waals surface area contributed by atoms with Crippen LogP contribution >= 0.6 is 0 Å². The van der Waals surface area contributed by atoms with Gasteiger partial charge in [0.2, 0.25) is 0 Å². The SMILES string of the molecule is COCC1CN(C(=O)NCc2ccc(N(C)C(=O)c3ccncc3)cc2)CCO1. The molecular weight excluding hydrogens is 372 g/mol. The van der Waals surface area contributed by atoms with Gasteiger partial charge >= 0.3 is 6.03 Å². The Balaban J connectivity index is 1.52. The first-order chi connectivity index (χ1) is 14.1. The summed E-state index contributed by atoms with van der Waals surface area (Å²) in [4.78, 5) is 32.2. The second-order valence-electron chi connectivity index (χ2n) is 6.82. The number of benzene rings is 1. The lowest BCUT2D eigenvalue weighted by molar-refractivity contribution is -0.0494. The van der Waals surface area contributed by atoms with Crippen molar-refractivity contribution in [2.24, 2.45) is 0 Å². The fourth-order valence-electron chi connectivity index (χ4n) is 3.12. The van der Waals surface area contributed by atoms with E-state index in [0.29, 0.717) is 38.4 Å². The Labute approximate surface area is 170 Å². The summed E-state index contributed by atoms with van der Waals surface area (Å²) < 4.78 is 10.7. The molecule has 1 aliphatic rings. The molecule has 8 nitrogen and oxygen atoms in total. The van der Waals surface area contributed by atoms with E-state index in [1.807, 2.05) is 24.3 Å². The zero-order chi connectivity index (χ0) is 20.6. The number of ether oxygens (including phenoxy) is 2. The lowest BCUT2D eigenvalue weighted by atomic mass is 10.1. The number of carbonyl (C=O) groups is 2. The Hall–Kier alpha value is -2.97. The number of aromatic nitrogens is 1. The summed E-state index contributed by atoms with van der Waals surface area (Å²) in [6.07, 6.45) is 3.10. The summed E-state index contributed by atoms with van der Waals surface area (Å²) in [5, 5.41) is 2.93. The van der Waals surface area contributed by atoms with Gasteiger partial charge in [0.1, 0.15) is 0 Å². The van der Waals surface area contributed by atoms with Crippen molar-refractivity contribution in [1.29, 1.82) is 0 Å². The molecule has 0 saturated carbocycles. The van der Waals surface area contributed by atoms with Gasteiger partial charge in [0, 0.05) is 50.9 Å². The van der Waals surface area contributed by atoms with Crippen LogP contribution in [0.2, 0.25) is 0 Å². The third-order valence-corrected chi connectivity index (χ3v) is 4.78. The molecule has 3 rings (SSSR count). The van der Waals surface area contributed by atoms with Gasteiger partial charge in [0.15, 0.2) is 0 Å². The Morgan fingerprint density at radius 3 is 2.66 bits per heavy atom. The van der Waals surface area contributed by atoms with Crippen LogP contribution in [-0.4, -0.2) is 68.4 Å². The van der Waals surface area contributed by atoms with Crippen molar-refractivity contribution in [2.75, 3.05) is 45.4 Å². The van der Waals surface area contributed by atoms with Crippen LogP contribution in [0.3, 0.4) is 0 Å². The van der Waals surface area contributed by atoms with Crippen LogP contribution in [-0.2, 0) is 16.0 Å². The molecule has 0 aliphatic carbocycles. The number of hydrogen-bond donors (Lipinski definition) is 1. The second kappa shape index (κ2) is 9.99. The summed E-state index contributed by atoms with van der Waals surface area (Å²) >= 11 is 0. The molecule has 1 atom stereocenters. The predicted octanol–water partition coefficient (Wildman–Crippen LogP) is 1.91. The molecule has 1 aliphatic heterocycles. The summed E-state index contributed by atoms with van der Waals surface area (Å²) in [5.41, 5.74) is 2.31. The van der Waals surface area contributed by atoms with Crippen molar-refractivity contribution in [3.8, 4) is 0 Å². The number of carbonyl (C=O) groups excluding carboxylic acids is 2. The molecule has 29 heavy (non-hydrogen) atoms. The van der Waals surface area contributed by atoms with E-state index in [9.17, 15) is 9.59 Å². The highest BCUT2D eigenvalue weighted by atomic mass is 16.5. The Morgan fingerprint density at radius 1 is 1.24 bits per heavy atom. The van der Waals surface area contributed by atoms with Gasteiger partial charge in [0.05, 0.1) is 25.9 Å². The molecule has 1 saturated heterocycles. The zero-order valence-electron chi connectivity index (χ0n) is 16.7. The maximum absolute atomic E-state index is 12.5. The minimum absolute atomic E-state index is 0.0905. The van der Waals surface area contributed by atoms with Crippen LogP contribution in [0, 0.1) is 0 Å². The van der Waals surface area contributed by atoms with Crippen molar-refractivity contribution in [1.82, 2.24) is 15.2 Å². The topological polar surface area (TPSA) is 84.0 Å². The van der Waals surface area contributed by atoms with Gasteiger partial charge in [-0.25, -0.2) is 4.79 Å². The molecule has 1 aromatic carbocycles. The van der Waals surface area contributed by atoms with Crippen LogP contribution in [0.25, 0.3) is 0 Å². The molecule has 1 aromatic heterocycles. The summed E-state index contributed by atoms with van der Waals surface area (Å²) in [7, 11) is 3.35. The molecule has 2 heterocycles. The average Bonchev–Trinajstić information content (AvgIpc) is 2.78. The third-order valence-electron chi connectivity index (χ3n) is 4.78. The van der Waals surface area contributed by atoms with Gasteiger partial charge in [-0.1, -0.05) is 12.1 Å². The number of hydrogen-bond acceptors (Lipinski definition) is 5. The van der Waals surface area contributed by atoms with Crippen molar-refractivity contribution >= 4 is 17.6 Å². The predicted molar refractivity (Wildman–Crippen MR) is 109 cm³/mol. The average molecular weight is 398 g/mol. The lowest BCUT2D eigenvalue weighted by Gasteiger charge is -2.32. The Kier molecular flexibility index (Phi) is 7.15. The van der Waals surface area contributed by atoms with Gasteiger partial charge in [-0.3, -0.25) is 9.78 Å². The molecule has 0 spiro atoms. The zero-order valence-corrected chi connectivity index (χ0v) is 16.7. The van der Waals surface area contributed by atoms with E-state index in [1.54, 1.807) is 48.5 Å². The van der Waals surface area contributed by atoms with Crippen molar-refractivity contribution in [2.45, 2.75) is 12.6 Å². The molecule has 0 radical (unpaired) electrons. The number of methoxy groups -OCH3 is 1. The maximum Gasteiger partial charge on any atom is 0.317 e. The number of pyridine rings is 1. The molecule has 8 heteroatoms. The molecule has 0 bridgehead atoms. The normalized spacial score (nSPS) is 16.3. The number of urea groups is 1. The van der Waals surface area contributed by atoms with Crippen LogP contribution in [0.5, 0.6) is 0 Å². The molecule has 2 aromatic rings. The Morgan fingerprint density at radius 2 is 1.97 bits per heavy atom. The fraction of sp³-hybridized carbons (Fsp3) is 0.381. The highest BCUT2D eigenvalue weighted by molar-refractivity contribution is 6.05. The van der Waals surface area contributed by atoms with Crippen molar-refractivity contribution in [3.63, 3.8) is 0 Å². The maximum atomic E-state index is 12.5. The van der Waals surface area contributed by atoms with Crippen molar-refractivity contribution in [3.05, 3.63) is 59.9 Å². The number of anilines is 1. The van der Waals surface area contributed by atoms with Gasteiger partial charge in [-0.2, -0.15) is 0 Å². The van der Waals surface area contributed by atoms with Crippen LogP contribution in [0.15, 0.2) is 48.8 Å². The monoisotopic (exact) mass is 398 g/mol. The number of amides is 3. The van der Waals surface area contributed by atoms with E-state index in [4.69, 9.17) is 9.47 Å². The number of morpholine rings is 1. The number of nitrogens with one attached hydrogen (secondary N) is 1. The van der Waals surface area contributed by atoms with E-state index in [1.165, 1.54) is 0 Å². The van der Waals surface area contributed by atoms with E-state index < -0.39 is 0 Å². The van der Waals surface area contributed by atoms with E-state index in [-0.39, 0.29) is 18.0 Å². The number of nitrogens with zero attached hydrogens (tertiary/aromatic N) is 3. The minimum Gasteiger partial charge on any atom is -0.382 e. The molecule has 3 amide bonds. The first kappa shape index (κ1) is 20.8. The number of rotatable bonds is 6. The van der Waals surface area contributed by atoms with Crippen molar-refractivity contribution < 1.29 is 19.1 Å². The lowest BCUT2D eigenvalue weighted by Crippen LogP contribution is -2.50. The van der Waals surface area contributed by atoms with Gasteiger partial charge in [-0.05, 0) is 29.8 Å². The van der Waals surface area contributed by atoms with Gasteiger partial charge in [-0.15, -0.1) is 0 Å². The summed E-state index contributed by atoms with van der Waals surface area (Å²) in [6.45, 7) is 2.46. The first-order valence-electron chi connectivity index (χ1n) is 9.49. The quantitative estimate of drug-likeness (QED) is 0.804. The highest BCUT2D eigenvalue weighted by Gasteiger charge is 2.24. The van der Waals surface area contributed by atoms with Crippen LogP contribution in [0.1, 0.15) is 15.9 Å².